The first-order chi connectivity index (χ1) is 14.0. The molecule has 1 aromatic heterocycles. The van der Waals surface area contributed by atoms with Crippen LogP contribution in [0.2, 0.25) is 0 Å². The van der Waals surface area contributed by atoms with Gasteiger partial charge in [-0.1, -0.05) is 12.1 Å². The van der Waals surface area contributed by atoms with Gasteiger partial charge in [-0.05, 0) is 70.8 Å². The zero-order valence-corrected chi connectivity index (χ0v) is 18.0. The topological polar surface area (TPSA) is 62.5 Å². The standard InChI is InChI=1S/C23H31N5O/c1-5-28-17(4)23(16(3)26-28)25-22(29)14-27-11-9-18(10-12-27)21-13-19-15(2)7-6-8-20(19)24-21/h6-8,18H,5,9-14H2,1-4H3,(H,25,29). The normalized spacial score (nSPS) is 17.3. The van der Waals surface area contributed by atoms with Gasteiger partial charge in [-0.3, -0.25) is 19.4 Å². The lowest BCUT2D eigenvalue weighted by molar-refractivity contribution is -0.117. The van der Waals surface area contributed by atoms with Crippen molar-refractivity contribution >= 4 is 23.0 Å². The molecular weight excluding hydrogens is 362 g/mol. The maximum atomic E-state index is 12.6. The predicted molar refractivity (Wildman–Crippen MR) is 117 cm³/mol. The number of carbonyl (C=O) groups excluding carboxylic acids is 1. The number of nitrogens with one attached hydrogen (secondary N) is 1. The maximum absolute atomic E-state index is 12.6. The predicted octanol–water partition coefficient (Wildman–Crippen LogP) is 3.81. The second kappa shape index (κ2) is 8.11. The minimum atomic E-state index is 0.0477. The molecule has 6 nitrogen and oxygen atoms in total. The summed E-state index contributed by atoms with van der Waals surface area (Å²) in [6, 6.07) is 6.39. The second-order valence-corrected chi connectivity index (χ2v) is 8.31. The average Bonchev–Trinajstić information content (AvgIpc) is 3.26. The molecule has 1 saturated heterocycles. The molecule has 29 heavy (non-hydrogen) atoms. The van der Waals surface area contributed by atoms with Crippen molar-refractivity contribution in [1.29, 1.82) is 0 Å². The molecule has 1 fully saturated rings. The molecule has 1 aromatic carbocycles. The number of likely N-dealkylation sites (tertiary alicyclic amines) is 1. The van der Waals surface area contributed by atoms with E-state index in [2.05, 4.69) is 47.4 Å². The number of rotatable bonds is 5. The minimum Gasteiger partial charge on any atom is -0.322 e. The van der Waals surface area contributed by atoms with Crippen LogP contribution in [0.3, 0.4) is 0 Å². The highest BCUT2D eigenvalue weighted by Gasteiger charge is 2.28. The van der Waals surface area contributed by atoms with Crippen molar-refractivity contribution in [2.24, 2.45) is 10.9 Å². The van der Waals surface area contributed by atoms with Crippen molar-refractivity contribution in [2.75, 3.05) is 25.0 Å². The molecule has 2 aromatic rings. The van der Waals surface area contributed by atoms with Gasteiger partial charge in [0.05, 0.1) is 29.3 Å². The number of piperidine rings is 1. The van der Waals surface area contributed by atoms with E-state index in [1.165, 1.54) is 16.8 Å². The van der Waals surface area contributed by atoms with Gasteiger partial charge >= 0.3 is 0 Å². The Morgan fingerprint density at radius 1 is 1.21 bits per heavy atom. The molecule has 0 spiro atoms. The highest BCUT2D eigenvalue weighted by atomic mass is 16.2. The number of aliphatic imine (C=N–C) groups is 1. The highest BCUT2D eigenvalue weighted by Crippen LogP contribution is 2.33. The molecule has 0 radical (unpaired) electrons. The molecule has 1 N–H and O–H groups in total. The summed E-state index contributed by atoms with van der Waals surface area (Å²) >= 11 is 0. The van der Waals surface area contributed by atoms with Gasteiger partial charge in [0, 0.05) is 24.6 Å². The van der Waals surface area contributed by atoms with Crippen molar-refractivity contribution < 1.29 is 4.79 Å². The van der Waals surface area contributed by atoms with E-state index in [1.807, 2.05) is 18.5 Å². The zero-order chi connectivity index (χ0) is 20.5. The lowest BCUT2D eigenvalue weighted by atomic mass is 9.89. The largest absolute Gasteiger partial charge is 0.322 e. The molecule has 3 heterocycles. The number of fused-ring (bicyclic) bond motifs is 1. The number of aromatic nitrogens is 2. The van der Waals surface area contributed by atoms with E-state index in [-0.39, 0.29) is 5.91 Å². The number of carbonyl (C=O) groups is 1. The van der Waals surface area contributed by atoms with Gasteiger partial charge in [0.1, 0.15) is 0 Å². The van der Waals surface area contributed by atoms with E-state index < -0.39 is 0 Å². The summed E-state index contributed by atoms with van der Waals surface area (Å²) in [6.45, 7) is 11.3. The van der Waals surface area contributed by atoms with Crippen LogP contribution < -0.4 is 5.32 Å². The number of anilines is 1. The first-order valence-electron chi connectivity index (χ1n) is 10.7. The van der Waals surface area contributed by atoms with Crippen LogP contribution in [0.5, 0.6) is 0 Å². The van der Waals surface area contributed by atoms with Crippen molar-refractivity contribution in [1.82, 2.24) is 14.7 Å². The summed E-state index contributed by atoms with van der Waals surface area (Å²) in [4.78, 5) is 19.8. The van der Waals surface area contributed by atoms with Crippen molar-refractivity contribution in [2.45, 2.75) is 53.5 Å². The Hall–Kier alpha value is -2.47. The average molecular weight is 394 g/mol. The second-order valence-electron chi connectivity index (χ2n) is 8.31. The van der Waals surface area contributed by atoms with Crippen LogP contribution in [-0.4, -0.2) is 45.9 Å². The lowest BCUT2D eigenvalue weighted by Crippen LogP contribution is -2.40. The summed E-state index contributed by atoms with van der Waals surface area (Å²) in [7, 11) is 0. The third kappa shape index (κ3) is 3.99. The van der Waals surface area contributed by atoms with E-state index in [0.717, 1.165) is 61.7 Å². The smallest absolute Gasteiger partial charge is 0.238 e. The highest BCUT2D eigenvalue weighted by molar-refractivity contribution is 5.96. The Labute approximate surface area is 173 Å². The number of hydrogen-bond acceptors (Lipinski definition) is 4. The fraction of sp³-hybridized carbons (Fsp3) is 0.522. The summed E-state index contributed by atoms with van der Waals surface area (Å²) in [5, 5.41) is 7.56. The third-order valence-electron chi connectivity index (χ3n) is 6.38. The van der Waals surface area contributed by atoms with Crippen LogP contribution in [0.15, 0.2) is 23.2 Å². The zero-order valence-electron chi connectivity index (χ0n) is 18.0. The molecule has 154 valence electrons. The van der Waals surface area contributed by atoms with Crippen LogP contribution >= 0.6 is 0 Å². The van der Waals surface area contributed by atoms with Gasteiger partial charge < -0.3 is 5.32 Å². The van der Waals surface area contributed by atoms with E-state index in [9.17, 15) is 4.79 Å². The Morgan fingerprint density at radius 3 is 2.62 bits per heavy atom. The number of amides is 1. The number of nitrogens with zero attached hydrogens (tertiary/aromatic N) is 4. The van der Waals surface area contributed by atoms with Crippen LogP contribution in [0.1, 0.15) is 42.3 Å². The molecule has 4 rings (SSSR count). The van der Waals surface area contributed by atoms with E-state index >= 15 is 0 Å². The Kier molecular flexibility index (Phi) is 5.54. The summed E-state index contributed by atoms with van der Waals surface area (Å²) < 4.78 is 1.93. The minimum absolute atomic E-state index is 0.0477. The first kappa shape index (κ1) is 19.8. The summed E-state index contributed by atoms with van der Waals surface area (Å²) in [5.41, 5.74) is 7.98. The molecule has 2 aliphatic heterocycles. The van der Waals surface area contributed by atoms with Gasteiger partial charge in [0.15, 0.2) is 0 Å². The van der Waals surface area contributed by atoms with E-state index in [4.69, 9.17) is 4.99 Å². The van der Waals surface area contributed by atoms with Gasteiger partial charge in [-0.2, -0.15) is 5.10 Å². The fourth-order valence-electron chi connectivity index (χ4n) is 4.62. The lowest BCUT2D eigenvalue weighted by Gasteiger charge is -2.31. The summed E-state index contributed by atoms with van der Waals surface area (Å²) in [6.07, 6.45) is 3.14. The molecule has 1 amide bonds. The van der Waals surface area contributed by atoms with Crippen molar-refractivity contribution in [3.05, 3.63) is 40.7 Å². The van der Waals surface area contributed by atoms with Gasteiger partial charge in [-0.25, -0.2) is 0 Å². The number of benzene rings is 1. The molecule has 0 atom stereocenters. The van der Waals surface area contributed by atoms with E-state index in [0.29, 0.717) is 12.5 Å². The van der Waals surface area contributed by atoms with Gasteiger partial charge in [0.25, 0.3) is 0 Å². The summed E-state index contributed by atoms with van der Waals surface area (Å²) in [5.74, 6) is 0.583. The third-order valence-corrected chi connectivity index (χ3v) is 6.38. The molecule has 2 aliphatic rings. The van der Waals surface area contributed by atoms with Gasteiger partial charge in [0.2, 0.25) is 5.91 Å². The van der Waals surface area contributed by atoms with Crippen molar-refractivity contribution in [3.63, 3.8) is 0 Å². The maximum Gasteiger partial charge on any atom is 0.238 e. The Balaban J connectivity index is 1.30. The van der Waals surface area contributed by atoms with Crippen molar-refractivity contribution in [3.8, 4) is 0 Å². The molecule has 0 aliphatic carbocycles. The Bertz CT molecular complexity index is 950. The molecular formula is C23H31N5O. The molecule has 0 saturated carbocycles. The SMILES string of the molecule is CCn1nc(C)c(NC(=O)CN2CCC(C3=Nc4cccc(C)c4C3)CC2)c1C. The Morgan fingerprint density at radius 2 is 1.97 bits per heavy atom. The quantitative estimate of drug-likeness (QED) is 0.840. The van der Waals surface area contributed by atoms with Crippen LogP contribution in [0.4, 0.5) is 11.4 Å². The first-order valence-corrected chi connectivity index (χ1v) is 10.7. The van der Waals surface area contributed by atoms with E-state index in [1.54, 1.807) is 0 Å². The van der Waals surface area contributed by atoms with Crippen LogP contribution in [-0.2, 0) is 17.8 Å². The molecule has 0 bridgehead atoms. The fourth-order valence-corrected chi connectivity index (χ4v) is 4.62. The van der Waals surface area contributed by atoms with Crippen LogP contribution in [0, 0.1) is 26.7 Å². The van der Waals surface area contributed by atoms with Crippen LogP contribution in [0.25, 0.3) is 0 Å². The molecule has 6 heteroatoms. The molecule has 0 unspecified atom stereocenters. The monoisotopic (exact) mass is 393 g/mol. The van der Waals surface area contributed by atoms with Gasteiger partial charge in [-0.15, -0.1) is 0 Å². The number of hydrogen-bond donors (Lipinski definition) is 1. The number of aryl methyl sites for hydroxylation is 3.